The van der Waals surface area contributed by atoms with Crippen LogP contribution in [0.2, 0.25) is 0 Å². The highest BCUT2D eigenvalue weighted by Crippen LogP contribution is 2.29. The van der Waals surface area contributed by atoms with E-state index in [0.29, 0.717) is 12.8 Å². The molecule has 0 unspecified atom stereocenters. The standard InChI is InChI=1S/C13H19NO3S/c1-10-7-8-12(13(15)9-10)14-18(16,17)11-5-3-2-4-6-11/h7-9,11,14-15H,2-6H2,1H3. The highest BCUT2D eigenvalue weighted by atomic mass is 32.2. The molecule has 0 bridgehead atoms. The van der Waals surface area contributed by atoms with Gasteiger partial charge in [0.25, 0.3) is 0 Å². The molecule has 4 nitrogen and oxygen atoms in total. The Balaban J connectivity index is 2.16. The third kappa shape index (κ3) is 2.96. The quantitative estimate of drug-likeness (QED) is 0.829. The summed E-state index contributed by atoms with van der Waals surface area (Å²) < 4.78 is 26.8. The van der Waals surface area contributed by atoms with Crippen molar-refractivity contribution in [3.05, 3.63) is 23.8 Å². The molecule has 0 saturated heterocycles. The van der Waals surface area contributed by atoms with Crippen LogP contribution < -0.4 is 4.72 Å². The Kier molecular flexibility index (Phi) is 3.80. The van der Waals surface area contributed by atoms with Crippen LogP contribution in [-0.4, -0.2) is 18.8 Å². The van der Waals surface area contributed by atoms with E-state index in [1.54, 1.807) is 18.2 Å². The molecule has 100 valence electrons. The number of benzene rings is 1. The molecule has 0 spiro atoms. The zero-order chi connectivity index (χ0) is 13.2. The molecule has 1 saturated carbocycles. The van der Waals surface area contributed by atoms with Gasteiger partial charge in [0.2, 0.25) is 10.0 Å². The minimum absolute atomic E-state index is 0.0191. The predicted molar refractivity (Wildman–Crippen MR) is 72.3 cm³/mol. The van der Waals surface area contributed by atoms with Crippen LogP contribution in [0.1, 0.15) is 37.7 Å². The van der Waals surface area contributed by atoms with Crippen LogP contribution >= 0.6 is 0 Å². The summed E-state index contributed by atoms with van der Waals surface area (Å²) in [5, 5.41) is 9.40. The molecule has 0 aliphatic heterocycles. The highest BCUT2D eigenvalue weighted by molar-refractivity contribution is 7.93. The molecule has 1 fully saturated rings. The fourth-order valence-corrected chi connectivity index (χ4v) is 3.94. The lowest BCUT2D eigenvalue weighted by molar-refractivity contribution is 0.475. The average molecular weight is 269 g/mol. The van der Waals surface area contributed by atoms with Gasteiger partial charge >= 0.3 is 0 Å². The Morgan fingerprint density at radius 1 is 1.22 bits per heavy atom. The van der Waals surface area contributed by atoms with Crippen molar-refractivity contribution < 1.29 is 13.5 Å². The molecule has 5 heteroatoms. The van der Waals surface area contributed by atoms with Gasteiger partial charge in [-0.2, -0.15) is 0 Å². The molecule has 1 aliphatic rings. The molecule has 0 heterocycles. The van der Waals surface area contributed by atoms with Gasteiger partial charge in [-0.25, -0.2) is 8.42 Å². The van der Waals surface area contributed by atoms with Crippen LogP contribution in [0.25, 0.3) is 0 Å². The second-order valence-corrected chi connectivity index (χ2v) is 6.89. The second-order valence-electron chi connectivity index (χ2n) is 4.93. The maximum absolute atomic E-state index is 12.2. The number of aryl methyl sites for hydroxylation is 1. The monoisotopic (exact) mass is 269 g/mol. The number of phenolic OH excluding ortho intramolecular Hbond substituents is 1. The third-order valence-electron chi connectivity index (χ3n) is 3.40. The summed E-state index contributed by atoms with van der Waals surface area (Å²) in [7, 11) is -3.38. The van der Waals surface area contributed by atoms with Crippen molar-refractivity contribution in [1.82, 2.24) is 0 Å². The van der Waals surface area contributed by atoms with Crippen LogP contribution in [0.5, 0.6) is 5.75 Å². The molecular formula is C13H19NO3S. The number of hydrogen-bond donors (Lipinski definition) is 2. The smallest absolute Gasteiger partial charge is 0.235 e. The Bertz CT molecular complexity index is 519. The number of hydrogen-bond acceptors (Lipinski definition) is 3. The molecular weight excluding hydrogens is 250 g/mol. The van der Waals surface area contributed by atoms with E-state index in [0.717, 1.165) is 24.8 Å². The first-order valence-electron chi connectivity index (χ1n) is 6.30. The Morgan fingerprint density at radius 3 is 2.50 bits per heavy atom. The number of sulfonamides is 1. The van der Waals surface area contributed by atoms with Gasteiger partial charge in [0.05, 0.1) is 10.9 Å². The minimum atomic E-state index is -3.38. The van der Waals surface area contributed by atoms with E-state index in [4.69, 9.17) is 0 Å². The molecule has 2 N–H and O–H groups in total. The van der Waals surface area contributed by atoms with Crippen molar-refractivity contribution in [1.29, 1.82) is 0 Å². The number of rotatable bonds is 3. The lowest BCUT2D eigenvalue weighted by Crippen LogP contribution is -2.29. The van der Waals surface area contributed by atoms with Gasteiger partial charge in [-0.1, -0.05) is 25.3 Å². The SMILES string of the molecule is Cc1ccc(NS(=O)(=O)C2CCCCC2)c(O)c1. The van der Waals surface area contributed by atoms with Crippen LogP contribution in [-0.2, 0) is 10.0 Å². The number of anilines is 1. The van der Waals surface area contributed by atoms with E-state index in [9.17, 15) is 13.5 Å². The van der Waals surface area contributed by atoms with E-state index >= 15 is 0 Å². The van der Waals surface area contributed by atoms with E-state index in [-0.39, 0.29) is 16.7 Å². The normalized spacial score (nSPS) is 17.6. The first-order valence-corrected chi connectivity index (χ1v) is 7.85. The lowest BCUT2D eigenvalue weighted by atomic mass is 10.0. The fourth-order valence-electron chi connectivity index (χ4n) is 2.34. The van der Waals surface area contributed by atoms with Crippen molar-refractivity contribution >= 4 is 15.7 Å². The molecule has 0 radical (unpaired) electrons. The predicted octanol–water partition coefficient (Wildman–Crippen LogP) is 2.78. The molecule has 2 rings (SSSR count). The molecule has 1 aliphatic carbocycles. The van der Waals surface area contributed by atoms with Gasteiger partial charge in [0, 0.05) is 0 Å². The largest absolute Gasteiger partial charge is 0.506 e. The maximum atomic E-state index is 12.2. The van der Waals surface area contributed by atoms with Crippen molar-refractivity contribution in [2.75, 3.05) is 4.72 Å². The molecule has 0 amide bonds. The van der Waals surface area contributed by atoms with Crippen LogP contribution in [0.3, 0.4) is 0 Å². The first-order chi connectivity index (χ1) is 8.49. The number of aromatic hydroxyl groups is 1. The van der Waals surface area contributed by atoms with Gasteiger partial charge in [-0.3, -0.25) is 4.72 Å². The van der Waals surface area contributed by atoms with Crippen molar-refractivity contribution in [3.8, 4) is 5.75 Å². The van der Waals surface area contributed by atoms with Crippen LogP contribution in [0.15, 0.2) is 18.2 Å². The van der Waals surface area contributed by atoms with Crippen LogP contribution in [0.4, 0.5) is 5.69 Å². The summed E-state index contributed by atoms with van der Waals surface area (Å²) in [6.07, 6.45) is 4.46. The molecule has 1 aromatic carbocycles. The Morgan fingerprint density at radius 2 is 1.89 bits per heavy atom. The van der Waals surface area contributed by atoms with E-state index in [2.05, 4.69) is 4.72 Å². The van der Waals surface area contributed by atoms with Crippen molar-refractivity contribution in [2.45, 2.75) is 44.3 Å². The summed E-state index contributed by atoms with van der Waals surface area (Å²) in [4.78, 5) is 0. The van der Waals surface area contributed by atoms with Gasteiger partial charge in [0.15, 0.2) is 0 Å². The zero-order valence-electron chi connectivity index (χ0n) is 10.5. The summed E-state index contributed by atoms with van der Waals surface area (Å²) in [5.74, 6) is -0.0191. The zero-order valence-corrected chi connectivity index (χ0v) is 11.3. The van der Waals surface area contributed by atoms with Crippen molar-refractivity contribution in [3.63, 3.8) is 0 Å². The minimum Gasteiger partial charge on any atom is -0.506 e. The molecule has 1 aromatic rings. The average Bonchev–Trinajstić information content (AvgIpc) is 2.34. The maximum Gasteiger partial charge on any atom is 0.235 e. The summed E-state index contributed by atoms with van der Waals surface area (Å²) in [6.45, 7) is 1.85. The van der Waals surface area contributed by atoms with E-state index in [1.165, 1.54) is 0 Å². The summed E-state index contributed by atoms with van der Waals surface area (Å²) in [6, 6.07) is 4.93. The van der Waals surface area contributed by atoms with Crippen molar-refractivity contribution in [2.24, 2.45) is 0 Å². The summed E-state index contributed by atoms with van der Waals surface area (Å²) >= 11 is 0. The second kappa shape index (κ2) is 5.18. The highest BCUT2D eigenvalue weighted by Gasteiger charge is 2.27. The number of phenols is 1. The van der Waals surface area contributed by atoms with Gasteiger partial charge in [-0.15, -0.1) is 0 Å². The Hall–Kier alpha value is -1.23. The van der Waals surface area contributed by atoms with Crippen LogP contribution in [0, 0.1) is 6.92 Å². The number of nitrogens with one attached hydrogen (secondary N) is 1. The fraction of sp³-hybridized carbons (Fsp3) is 0.538. The molecule has 0 atom stereocenters. The molecule has 0 aromatic heterocycles. The van der Waals surface area contributed by atoms with E-state index in [1.807, 2.05) is 6.92 Å². The molecule has 18 heavy (non-hydrogen) atoms. The first kappa shape index (κ1) is 13.2. The topological polar surface area (TPSA) is 66.4 Å². The van der Waals surface area contributed by atoms with Gasteiger partial charge in [-0.05, 0) is 37.5 Å². The third-order valence-corrected chi connectivity index (χ3v) is 5.25. The van der Waals surface area contributed by atoms with Gasteiger partial charge in [0.1, 0.15) is 5.75 Å². The van der Waals surface area contributed by atoms with E-state index < -0.39 is 10.0 Å². The van der Waals surface area contributed by atoms with Gasteiger partial charge < -0.3 is 5.11 Å². The lowest BCUT2D eigenvalue weighted by Gasteiger charge is -2.22. The Labute approximate surface area is 108 Å². The summed E-state index contributed by atoms with van der Waals surface area (Å²) in [5.41, 5.74) is 1.17.